The summed E-state index contributed by atoms with van der Waals surface area (Å²) in [4.78, 5) is 11.1. The highest BCUT2D eigenvalue weighted by molar-refractivity contribution is 5.65. The maximum atomic E-state index is 13.0. The average molecular weight is 271 g/mol. The van der Waals surface area contributed by atoms with E-state index in [0.717, 1.165) is 0 Å². The van der Waals surface area contributed by atoms with Gasteiger partial charge < -0.3 is 19.9 Å². The van der Waals surface area contributed by atoms with Crippen LogP contribution in [-0.4, -0.2) is 20.0 Å². The first-order valence-electron chi connectivity index (χ1n) is 5.91. The summed E-state index contributed by atoms with van der Waals surface area (Å²) < 4.78 is 28.4. The van der Waals surface area contributed by atoms with E-state index in [1.54, 1.807) is 0 Å². The van der Waals surface area contributed by atoms with Gasteiger partial charge in [-0.1, -0.05) is 6.92 Å². The lowest BCUT2D eigenvalue weighted by Gasteiger charge is -2.32. The lowest BCUT2D eigenvalue weighted by molar-refractivity contribution is -0.251. The Morgan fingerprint density at radius 3 is 2.47 bits per heavy atom. The van der Waals surface area contributed by atoms with E-state index < -0.39 is 11.9 Å². The lowest BCUT2D eigenvalue weighted by atomic mass is 10.0. The Balaban J connectivity index is 3.11. The number of amides is 1. The Kier molecular flexibility index (Phi) is 5.72. The first-order chi connectivity index (χ1) is 9.04. The van der Waals surface area contributed by atoms with E-state index in [0.29, 0.717) is 18.4 Å². The molecular formula is C13H18FNO4. The average Bonchev–Trinajstić information content (AvgIpc) is 2.36. The normalized spacial score (nSPS) is 13.8. The minimum absolute atomic E-state index is 0.0787. The molecule has 1 unspecified atom stereocenters. The van der Waals surface area contributed by atoms with Crippen LogP contribution in [0.1, 0.15) is 25.3 Å². The van der Waals surface area contributed by atoms with Gasteiger partial charge in [-0.25, -0.2) is 9.18 Å². The van der Waals surface area contributed by atoms with Crippen molar-refractivity contribution in [2.45, 2.75) is 25.6 Å². The largest absolute Gasteiger partial charge is 0.412 e. The van der Waals surface area contributed by atoms with Crippen LogP contribution >= 0.6 is 0 Å². The zero-order valence-corrected chi connectivity index (χ0v) is 11.0. The van der Waals surface area contributed by atoms with Crippen molar-refractivity contribution in [2.24, 2.45) is 5.73 Å². The van der Waals surface area contributed by atoms with Gasteiger partial charge in [-0.05, 0) is 30.7 Å². The van der Waals surface area contributed by atoms with E-state index in [4.69, 9.17) is 19.9 Å². The van der Waals surface area contributed by atoms with Crippen LogP contribution in [0.25, 0.3) is 0 Å². The number of carbonyl (C=O) groups is 1. The number of carbonyl (C=O) groups excluding carboxylic acids is 1. The molecular weight excluding hydrogens is 253 g/mol. The van der Waals surface area contributed by atoms with Gasteiger partial charge in [0.2, 0.25) is 5.79 Å². The van der Waals surface area contributed by atoms with Crippen molar-refractivity contribution < 1.29 is 23.4 Å². The molecule has 19 heavy (non-hydrogen) atoms. The number of rotatable bonds is 7. The van der Waals surface area contributed by atoms with Crippen LogP contribution in [0.15, 0.2) is 24.3 Å². The molecule has 2 N–H and O–H groups in total. The standard InChI is InChI=1S/C13H18FNO4/c1-3-8-13(18-9-17-2,19-12(15)16)10-4-6-11(14)7-5-10/h4-7H,3,8-9H2,1-2H3,(H2,15,16). The summed E-state index contributed by atoms with van der Waals surface area (Å²) in [5.41, 5.74) is 5.60. The van der Waals surface area contributed by atoms with Gasteiger partial charge in [-0.3, -0.25) is 0 Å². The van der Waals surface area contributed by atoms with E-state index in [1.807, 2.05) is 6.92 Å². The molecule has 1 aromatic rings. The molecule has 0 aliphatic heterocycles. The molecule has 6 heteroatoms. The fourth-order valence-corrected chi connectivity index (χ4v) is 1.79. The van der Waals surface area contributed by atoms with Crippen molar-refractivity contribution >= 4 is 6.09 Å². The van der Waals surface area contributed by atoms with Gasteiger partial charge in [0.15, 0.2) is 6.79 Å². The number of hydrogen-bond acceptors (Lipinski definition) is 4. The van der Waals surface area contributed by atoms with Crippen LogP contribution in [-0.2, 0) is 20.0 Å². The van der Waals surface area contributed by atoms with Crippen LogP contribution in [0.5, 0.6) is 0 Å². The Bertz CT molecular complexity index is 410. The van der Waals surface area contributed by atoms with E-state index in [2.05, 4.69) is 0 Å². The summed E-state index contributed by atoms with van der Waals surface area (Å²) in [7, 11) is 1.45. The minimum Gasteiger partial charge on any atom is -0.412 e. The molecule has 5 nitrogen and oxygen atoms in total. The highest BCUT2D eigenvalue weighted by Gasteiger charge is 2.36. The summed E-state index contributed by atoms with van der Waals surface area (Å²) in [6.45, 7) is 1.82. The first-order valence-corrected chi connectivity index (χ1v) is 5.91. The van der Waals surface area contributed by atoms with Crippen molar-refractivity contribution in [3.8, 4) is 0 Å². The van der Waals surface area contributed by atoms with E-state index in [-0.39, 0.29) is 12.6 Å². The number of hydrogen-bond donors (Lipinski definition) is 1. The molecule has 0 aliphatic rings. The molecule has 1 aromatic carbocycles. The van der Waals surface area contributed by atoms with Crippen LogP contribution in [0, 0.1) is 5.82 Å². The predicted molar refractivity (Wildman–Crippen MR) is 66.6 cm³/mol. The summed E-state index contributed by atoms with van der Waals surface area (Å²) in [6, 6.07) is 5.51. The SMILES string of the molecule is CCCC(OCOC)(OC(N)=O)c1ccc(F)cc1. The second kappa shape index (κ2) is 7.06. The third kappa shape index (κ3) is 4.18. The highest BCUT2D eigenvalue weighted by atomic mass is 19.1. The van der Waals surface area contributed by atoms with Gasteiger partial charge in [0.25, 0.3) is 0 Å². The van der Waals surface area contributed by atoms with Gasteiger partial charge in [-0.15, -0.1) is 0 Å². The fraction of sp³-hybridized carbons (Fsp3) is 0.462. The molecule has 106 valence electrons. The molecule has 0 heterocycles. The van der Waals surface area contributed by atoms with Gasteiger partial charge in [0.05, 0.1) is 0 Å². The molecule has 0 bridgehead atoms. The van der Waals surface area contributed by atoms with Gasteiger partial charge in [0, 0.05) is 19.1 Å². The number of nitrogens with two attached hydrogens (primary N) is 1. The van der Waals surface area contributed by atoms with Gasteiger partial charge >= 0.3 is 6.09 Å². The fourth-order valence-electron chi connectivity index (χ4n) is 1.79. The zero-order chi connectivity index (χ0) is 14.3. The smallest absolute Gasteiger partial charge is 0.407 e. The highest BCUT2D eigenvalue weighted by Crippen LogP contribution is 2.32. The van der Waals surface area contributed by atoms with Gasteiger partial charge in [0.1, 0.15) is 5.82 Å². The van der Waals surface area contributed by atoms with Crippen LogP contribution in [0.2, 0.25) is 0 Å². The van der Waals surface area contributed by atoms with Gasteiger partial charge in [-0.2, -0.15) is 0 Å². The quantitative estimate of drug-likeness (QED) is 0.773. The second-order valence-electron chi connectivity index (χ2n) is 3.98. The van der Waals surface area contributed by atoms with E-state index >= 15 is 0 Å². The molecule has 0 saturated heterocycles. The molecule has 0 aliphatic carbocycles. The van der Waals surface area contributed by atoms with Crippen molar-refractivity contribution in [2.75, 3.05) is 13.9 Å². The lowest BCUT2D eigenvalue weighted by Crippen LogP contribution is -2.38. The first kappa shape index (κ1) is 15.4. The number of halogens is 1. The predicted octanol–water partition coefficient (Wildman–Crippen LogP) is 2.49. The second-order valence-corrected chi connectivity index (χ2v) is 3.98. The topological polar surface area (TPSA) is 70.8 Å². The Morgan fingerprint density at radius 1 is 1.37 bits per heavy atom. The number of benzene rings is 1. The van der Waals surface area contributed by atoms with Crippen molar-refractivity contribution in [1.29, 1.82) is 0 Å². The third-order valence-electron chi connectivity index (χ3n) is 2.54. The molecule has 0 spiro atoms. The summed E-state index contributed by atoms with van der Waals surface area (Å²) in [5, 5.41) is 0. The maximum Gasteiger partial charge on any atom is 0.407 e. The minimum atomic E-state index is -1.36. The molecule has 1 atom stereocenters. The maximum absolute atomic E-state index is 13.0. The summed E-state index contributed by atoms with van der Waals surface area (Å²) >= 11 is 0. The van der Waals surface area contributed by atoms with Crippen LogP contribution in [0.3, 0.4) is 0 Å². The van der Waals surface area contributed by atoms with Crippen LogP contribution < -0.4 is 5.73 Å². The number of primary amides is 1. The Morgan fingerprint density at radius 2 is 2.00 bits per heavy atom. The summed E-state index contributed by atoms with van der Waals surface area (Å²) in [5.74, 6) is -1.75. The van der Waals surface area contributed by atoms with Crippen molar-refractivity contribution in [3.05, 3.63) is 35.6 Å². The molecule has 0 radical (unpaired) electrons. The zero-order valence-electron chi connectivity index (χ0n) is 11.0. The number of ether oxygens (including phenoxy) is 3. The monoisotopic (exact) mass is 271 g/mol. The Hall–Kier alpha value is -1.66. The number of methoxy groups -OCH3 is 1. The molecule has 1 rings (SSSR count). The van der Waals surface area contributed by atoms with Crippen LogP contribution in [0.4, 0.5) is 9.18 Å². The molecule has 0 aromatic heterocycles. The third-order valence-corrected chi connectivity index (χ3v) is 2.54. The van der Waals surface area contributed by atoms with E-state index in [1.165, 1.54) is 31.4 Å². The summed E-state index contributed by atoms with van der Waals surface area (Å²) in [6.07, 6.45) is 0.0909. The van der Waals surface area contributed by atoms with Crippen molar-refractivity contribution in [1.82, 2.24) is 0 Å². The van der Waals surface area contributed by atoms with Crippen molar-refractivity contribution in [3.63, 3.8) is 0 Å². The Labute approximate surface area is 111 Å². The van der Waals surface area contributed by atoms with E-state index in [9.17, 15) is 9.18 Å². The molecule has 0 saturated carbocycles. The molecule has 1 amide bonds. The molecule has 0 fully saturated rings.